The maximum Gasteiger partial charge on any atom is 0.243 e. The molecular formula is C27H22FN3O3S. The van der Waals surface area contributed by atoms with Crippen LogP contribution in [0.3, 0.4) is 0 Å². The average Bonchev–Trinajstić information content (AvgIpc) is 2.89. The Morgan fingerprint density at radius 1 is 0.914 bits per heavy atom. The van der Waals surface area contributed by atoms with Gasteiger partial charge in [-0.05, 0) is 53.1 Å². The molecule has 2 N–H and O–H groups in total. The number of β-lactam (4-membered cyclic amide) rings is 1. The first-order valence-electron chi connectivity index (χ1n) is 11.0. The second-order valence-corrected chi connectivity index (χ2v) is 9.41. The number of thioether (sulfide) groups is 1. The van der Waals surface area contributed by atoms with Crippen molar-refractivity contribution in [3.05, 3.63) is 108 Å². The number of anilines is 1. The maximum atomic E-state index is 13.3. The van der Waals surface area contributed by atoms with Crippen molar-refractivity contribution in [2.75, 3.05) is 10.7 Å². The van der Waals surface area contributed by atoms with E-state index in [-0.39, 0.29) is 29.3 Å². The number of carbonyl (C=O) groups excluding carboxylic acids is 1. The molecule has 5 rings (SSSR count). The standard InChI is InChI=1S/C27H22FN3O3S/c28-21-7-1-18(2-8-21)24(33)15-35-26-25(19-5-11-23(32)12-6-19)31(27(26)34)22-9-3-17(4-10-22)20-13-29-16-30-14-20/h1-14,16,24-26,32-33H,15H2/t24-,25+,26+/m0/s1. The minimum absolute atomic E-state index is 0.0600. The minimum atomic E-state index is -0.824. The molecule has 1 amide bonds. The highest BCUT2D eigenvalue weighted by molar-refractivity contribution is 8.00. The van der Waals surface area contributed by atoms with Crippen LogP contribution in [0, 0.1) is 5.82 Å². The summed E-state index contributed by atoms with van der Waals surface area (Å²) in [6.07, 6.45) is 4.11. The number of aliphatic hydroxyl groups excluding tert-OH is 1. The smallest absolute Gasteiger partial charge is 0.243 e. The first kappa shape index (κ1) is 23.0. The van der Waals surface area contributed by atoms with Crippen molar-refractivity contribution in [1.29, 1.82) is 0 Å². The Balaban J connectivity index is 1.37. The van der Waals surface area contributed by atoms with Gasteiger partial charge in [-0.1, -0.05) is 36.4 Å². The largest absolute Gasteiger partial charge is 0.508 e. The quantitative estimate of drug-likeness (QED) is 0.360. The van der Waals surface area contributed by atoms with Gasteiger partial charge in [-0.15, -0.1) is 11.8 Å². The predicted octanol–water partition coefficient (Wildman–Crippen LogP) is 4.91. The highest BCUT2D eigenvalue weighted by Crippen LogP contribution is 2.46. The molecule has 0 spiro atoms. The van der Waals surface area contributed by atoms with Gasteiger partial charge < -0.3 is 15.1 Å². The molecular weight excluding hydrogens is 465 g/mol. The molecule has 4 aromatic rings. The Morgan fingerprint density at radius 3 is 2.23 bits per heavy atom. The second kappa shape index (κ2) is 9.85. The molecule has 6 nitrogen and oxygen atoms in total. The average molecular weight is 488 g/mol. The predicted molar refractivity (Wildman–Crippen MR) is 133 cm³/mol. The van der Waals surface area contributed by atoms with Gasteiger partial charge in [-0.3, -0.25) is 4.79 Å². The first-order chi connectivity index (χ1) is 17.0. The molecule has 0 aliphatic carbocycles. The SMILES string of the molecule is O=C1[C@H](SC[C@H](O)c2ccc(F)cc2)[C@@H](c2ccc(O)cc2)N1c1ccc(-c2cncnc2)cc1. The van der Waals surface area contributed by atoms with E-state index in [1.54, 1.807) is 53.7 Å². The molecule has 0 radical (unpaired) electrons. The van der Waals surface area contributed by atoms with Crippen LogP contribution in [0.5, 0.6) is 5.75 Å². The Hall–Kier alpha value is -3.75. The van der Waals surface area contributed by atoms with Gasteiger partial charge in [0.1, 0.15) is 23.1 Å². The number of phenols is 1. The highest BCUT2D eigenvalue weighted by Gasteiger charge is 2.49. The van der Waals surface area contributed by atoms with Gasteiger partial charge in [0, 0.05) is 29.4 Å². The van der Waals surface area contributed by atoms with Crippen molar-refractivity contribution in [1.82, 2.24) is 9.97 Å². The molecule has 8 heteroatoms. The van der Waals surface area contributed by atoms with E-state index in [1.807, 2.05) is 24.3 Å². The lowest BCUT2D eigenvalue weighted by Gasteiger charge is -2.47. The zero-order valence-electron chi connectivity index (χ0n) is 18.5. The topological polar surface area (TPSA) is 86.5 Å². The van der Waals surface area contributed by atoms with E-state index in [0.717, 1.165) is 22.4 Å². The van der Waals surface area contributed by atoms with Gasteiger partial charge in [0.25, 0.3) is 0 Å². The number of nitrogens with zero attached hydrogens (tertiary/aromatic N) is 3. The zero-order valence-corrected chi connectivity index (χ0v) is 19.3. The Kier molecular flexibility index (Phi) is 6.48. The number of aromatic hydroxyl groups is 1. The van der Waals surface area contributed by atoms with E-state index in [1.165, 1.54) is 30.2 Å². The Morgan fingerprint density at radius 2 is 1.57 bits per heavy atom. The molecule has 3 aromatic carbocycles. The molecule has 1 aliphatic heterocycles. The monoisotopic (exact) mass is 487 g/mol. The summed E-state index contributed by atoms with van der Waals surface area (Å²) < 4.78 is 13.2. The molecule has 35 heavy (non-hydrogen) atoms. The van der Waals surface area contributed by atoms with Crippen molar-refractivity contribution in [2.45, 2.75) is 17.4 Å². The molecule has 0 unspecified atom stereocenters. The van der Waals surface area contributed by atoms with Crippen molar-refractivity contribution in [3.63, 3.8) is 0 Å². The molecule has 1 saturated heterocycles. The van der Waals surface area contributed by atoms with Crippen molar-refractivity contribution >= 4 is 23.4 Å². The van der Waals surface area contributed by atoms with Crippen LogP contribution in [0.15, 0.2) is 91.5 Å². The third kappa shape index (κ3) is 4.76. The Bertz CT molecular complexity index is 1300. The number of aromatic nitrogens is 2. The summed E-state index contributed by atoms with van der Waals surface area (Å²) in [7, 11) is 0. The van der Waals surface area contributed by atoms with Gasteiger partial charge in [0.2, 0.25) is 5.91 Å². The van der Waals surface area contributed by atoms with E-state index in [9.17, 15) is 19.4 Å². The van der Waals surface area contributed by atoms with Crippen LogP contribution in [0.25, 0.3) is 11.1 Å². The second-order valence-electron chi connectivity index (χ2n) is 8.24. The van der Waals surface area contributed by atoms with E-state index < -0.39 is 11.4 Å². The molecule has 1 aromatic heterocycles. The number of aliphatic hydroxyl groups is 1. The molecule has 176 valence electrons. The van der Waals surface area contributed by atoms with Crippen LogP contribution in [-0.4, -0.2) is 37.1 Å². The van der Waals surface area contributed by atoms with Crippen molar-refractivity contribution in [3.8, 4) is 16.9 Å². The fraction of sp³-hybridized carbons (Fsp3) is 0.148. The van der Waals surface area contributed by atoms with Crippen LogP contribution < -0.4 is 4.90 Å². The van der Waals surface area contributed by atoms with Gasteiger partial charge in [0.05, 0.1) is 12.1 Å². The van der Waals surface area contributed by atoms with Gasteiger partial charge in [-0.2, -0.15) is 0 Å². The lowest BCUT2D eigenvalue weighted by molar-refractivity contribution is -0.123. The van der Waals surface area contributed by atoms with E-state index in [2.05, 4.69) is 9.97 Å². The van der Waals surface area contributed by atoms with E-state index >= 15 is 0 Å². The molecule has 2 heterocycles. The van der Waals surface area contributed by atoms with Gasteiger partial charge >= 0.3 is 0 Å². The molecule has 0 bridgehead atoms. The van der Waals surface area contributed by atoms with Crippen LogP contribution in [-0.2, 0) is 4.79 Å². The number of halogens is 1. The van der Waals surface area contributed by atoms with Crippen molar-refractivity contribution in [2.24, 2.45) is 0 Å². The number of hydrogen-bond donors (Lipinski definition) is 2. The molecule has 1 fully saturated rings. The number of amides is 1. The maximum absolute atomic E-state index is 13.3. The van der Waals surface area contributed by atoms with Crippen LogP contribution in [0.1, 0.15) is 23.3 Å². The zero-order chi connectivity index (χ0) is 24.4. The molecule has 0 saturated carbocycles. The summed E-state index contributed by atoms with van der Waals surface area (Å²) >= 11 is 1.37. The lowest BCUT2D eigenvalue weighted by atomic mass is 9.92. The normalized spacial score (nSPS) is 18.2. The third-order valence-electron chi connectivity index (χ3n) is 6.01. The number of hydrogen-bond acceptors (Lipinski definition) is 6. The van der Waals surface area contributed by atoms with Crippen LogP contribution in [0.2, 0.25) is 0 Å². The van der Waals surface area contributed by atoms with Crippen LogP contribution in [0.4, 0.5) is 10.1 Å². The fourth-order valence-electron chi connectivity index (χ4n) is 4.15. The van der Waals surface area contributed by atoms with E-state index in [4.69, 9.17) is 0 Å². The minimum Gasteiger partial charge on any atom is -0.508 e. The third-order valence-corrected chi connectivity index (χ3v) is 7.33. The number of benzene rings is 3. The summed E-state index contributed by atoms with van der Waals surface area (Å²) in [5.74, 6) is 0.0142. The summed E-state index contributed by atoms with van der Waals surface area (Å²) in [4.78, 5) is 23.1. The van der Waals surface area contributed by atoms with E-state index in [0.29, 0.717) is 5.56 Å². The van der Waals surface area contributed by atoms with Gasteiger partial charge in [-0.25, -0.2) is 14.4 Å². The summed E-state index contributed by atoms with van der Waals surface area (Å²) in [6.45, 7) is 0. The summed E-state index contributed by atoms with van der Waals surface area (Å²) in [5.41, 5.74) is 4.06. The summed E-state index contributed by atoms with van der Waals surface area (Å²) in [5, 5.41) is 19.9. The lowest BCUT2D eigenvalue weighted by Crippen LogP contribution is -2.57. The summed E-state index contributed by atoms with van der Waals surface area (Å²) in [6, 6.07) is 19.9. The van der Waals surface area contributed by atoms with Gasteiger partial charge in [0.15, 0.2) is 0 Å². The number of carbonyl (C=O) groups is 1. The number of phenolic OH excluding ortho intramolecular Hbond substituents is 1. The molecule has 3 atom stereocenters. The number of rotatable bonds is 7. The molecule has 1 aliphatic rings. The first-order valence-corrected chi connectivity index (χ1v) is 12.1. The van der Waals surface area contributed by atoms with Crippen molar-refractivity contribution < 1.29 is 19.4 Å². The van der Waals surface area contributed by atoms with Crippen LogP contribution >= 0.6 is 11.8 Å². The highest BCUT2D eigenvalue weighted by atomic mass is 32.2. The fourth-order valence-corrected chi connectivity index (χ4v) is 5.45. The Labute approximate surface area is 206 Å².